The van der Waals surface area contributed by atoms with E-state index in [0.717, 1.165) is 0 Å². The van der Waals surface area contributed by atoms with Crippen LogP contribution in [0, 0.1) is 17.6 Å². The number of rotatable bonds is 7. The van der Waals surface area contributed by atoms with Crippen molar-refractivity contribution in [3.8, 4) is 0 Å². The third kappa shape index (κ3) is 6.07. The molecule has 0 aliphatic heterocycles. The summed E-state index contributed by atoms with van der Waals surface area (Å²) in [5.74, 6) is -4.49. The molecule has 0 aliphatic rings. The van der Waals surface area contributed by atoms with Crippen LogP contribution in [0.4, 0.5) is 8.78 Å². The Kier molecular flexibility index (Phi) is 7.59. The summed E-state index contributed by atoms with van der Waals surface area (Å²) >= 11 is 5.39. The van der Waals surface area contributed by atoms with Gasteiger partial charge in [-0.2, -0.15) is 0 Å². The standard InChI is InChI=1S/C14H18BClF2N2O4/c1-7(2)3-12(15(23)24)20-13(21)6-19-14(22)8-4-11(18)9(16)5-10(8)17/h4-5,7,12,23-24H,3,6H2,1-2H3,(H,19,22)(H,20,21)/t12-/m0/s1. The van der Waals surface area contributed by atoms with Crippen LogP contribution in [-0.4, -0.2) is 41.5 Å². The highest BCUT2D eigenvalue weighted by atomic mass is 35.5. The van der Waals surface area contributed by atoms with Gasteiger partial charge in [-0.1, -0.05) is 25.4 Å². The van der Waals surface area contributed by atoms with Crippen molar-refractivity contribution in [3.63, 3.8) is 0 Å². The van der Waals surface area contributed by atoms with Gasteiger partial charge in [-0.3, -0.25) is 9.59 Å². The molecule has 1 aromatic carbocycles. The molecule has 4 N–H and O–H groups in total. The smallest absolute Gasteiger partial charge is 0.426 e. The van der Waals surface area contributed by atoms with E-state index in [1.807, 2.05) is 13.8 Å². The fourth-order valence-corrected chi connectivity index (χ4v) is 2.12. The molecule has 10 heteroatoms. The van der Waals surface area contributed by atoms with Crippen molar-refractivity contribution in [1.82, 2.24) is 10.6 Å². The van der Waals surface area contributed by atoms with Crippen molar-refractivity contribution < 1.29 is 28.4 Å². The first kappa shape index (κ1) is 20.3. The van der Waals surface area contributed by atoms with E-state index in [1.54, 1.807) is 0 Å². The van der Waals surface area contributed by atoms with Gasteiger partial charge in [0, 0.05) is 0 Å². The van der Waals surface area contributed by atoms with E-state index in [-0.39, 0.29) is 5.92 Å². The highest BCUT2D eigenvalue weighted by molar-refractivity contribution is 6.43. The molecule has 0 radical (unpaired) electrons. The van der Waals surface area contributed by atoms with E-state index in [4.69, 9.17) is 11.6 Å². The van der Waals surface area contributed by atoms with Crippen LogP contribution in [0.15, 0.2) is 12.1 Å². The van der Waals surface area contributed by atoms with Gasteiger partial charge in [0.2, 0.25) is 5.91 Å². The zero-order chi connectivity index (χ0) is 18.4. The number of carbonyl (C=O) groups excluding carboxylic acids is 2. The lowest BCUT2D eigenvalue weighted by Crippen LogP contribution is -2.50. The Balaban J connectivity index is 2.63. The number of carbonyl (C=O) groups is 2. The van der Waals surface area contributed by atoms with Crippen LogP contribution in [-0.2, 0) is 4.79 Å². The summed E-state index contributed by atoms with van der Waals surface area (Å²) in [5.41, 5.74) is -0.592. The monoisotopic (exact) mass is 362 g/mol. The average molecular weight is 363 g/mol. The van der Waals surface area contributed by atoms with Crippen molar-refractivity contribution in [1.29, 1.82) is 0 Å². The van der Waals surface area contributed by atoms with E-state index in [0.29, 0.717) is 18.6 Å². The number of halogens is 3. The van der Waals surface area contributed by atoms with Crippen LogP contribution in [0.1, 0.15) is 30.6 Å². The van der Waals surface area contributed by atoms with E-state index < -0.39 is 53.6 Å². The lowest BCUT2D eigenvalue weighted by Gasteiger charge is -2.19. The van der Waals surface area contributed by atoms with Gasteiger partial charge < -0.3 is 20.7 Å². The molecule has 1 rings (SSSR count). The number of hydrogen-bond acceptors (Lipinski definition) is 4. The van der Waals surface area contributed by atoms with Crippen molar-refractivity contribution >= 4 is 30.5 Å². The maximum absolute atomic E-state index is 13.6. The van der Waals surface area contributed by atoms with Crippen LogP contribution >= 0.6 is 11.6 Å². The number of benzene rings is 1. The van der Waals surface area contributed by atoms with Crippen LogP contribution in [0.5, 0.6) is 0 Å². The van der Waals surface area contributed by atoms with Gasteiger partial charge in [0.25, 0.3) is 5.91 Å². The van der Waals surface area contributed by atoms with Crippen molar-refractivity contribution in [2.24, 2.45) is 5.92 Å². The number of nitrogens with one attached hydrogen (secondary N) is 2. The average Bonchev–Trinajstić information content (AvgIpc) is 2.47. The van der Waals surface area contributed by atoms with E-state index in [9.17, 15) is 28.4 Å². The molecule has 2 amide bonds. The summed E-state index contributed by atoms with van der Waals surface area (Å²) < 4.78 is 26.9. The van der Waals surface area contributed by atoms with Gasteiger partial charge in [0.05, 0.1) is 23.1 Å². The summed E-state index contributed by atoms with van der Waals surface area (Å²) in [6.45, 7) is 3.13. The van der Waals surface area contributed by atoms with Crippen molar-refractivity contribution in [2.75, 3.05) is 6.54 Å². The molecule has 0 bridgehead atoms. The highest BCUT2D eigenvalue weighted by Crippen LogP contribution is 2.19. The Labute approximate surface area is 143 Å². The van der Waals surface area contributed by atoms with Crippen molar-refractivity contribution in [2.45, 2.75) is 26.2 Å². The van der Waals surface area contributed by atoms with Crippen molar-refractivity contribution in [3.05, 3.63) is 34.4 Å². The minimum atomic E-state index is -1.75. The summed E-state index contributed by atoms with van der Waals surface area (Å²) in [4.78, 5) is 23.5. The van der Waals surface area contributed by atoms with Crippen LogP contribution in [0.2, 0.25) is 5.02 Å². The second-order valence-corrected chi connectivity index (χ2v) is 6.05. The first-order valence-electron chi connectivity index (χ1n) is 7.20. The zero-order valence-corrected chi connectivity index (χ0v) is 13.9. The van der Waals surface area contributed by atoms with Gasteiger partial charge >= 0.3 is 7.12 Å². The molecule has 0 heterocycles. The molecule has 1 aromatic rings. The second kappa shape index (κ2) is 8.96. The summed E-state index contributed by atoms with van der Waals surface area (Å²) in [7, 11) is -1.75. The molecule has 6 nitrogen and oxygen atoms in total. The number of amides is 2. The predicted molar refractivity (Wildman–Crippen MR) is 85.3 cm³/mol. The largest absolute Gasteiger partial charge is 0.475 e. The molecule has 0 unspecified atom stereocenters. The maximum atomic E-state index is 13.6. The molecule has 0 saturated carbocycles. The molecule has 0 fully saturated rings. The number of hydrogen-bond donors (Lipinski definition) is 4. The maximum Gasteiger partial charge on any atom is 0.475 e. The molecule has 0 aliphatic carbocycles. The third-order valence-electron chi connectivity index (χ3n) is 3.10. The Bertz CT molecular complexity index is 617. The van der Waals surface area contributed by atoms with Gasteiger partial charge in [-0.05, 0) is 24.5 Å². The first-order chi connectivity index (χ1) is 11.1. The zero-order valence-electron chi connectivity index (χ0n) is 13.1. The van der Waals surface area contributed by atoms with Crippen LogP contribution < -0.4 is 10.6 Å². The van der Waals surface area contributed by atoms with Gasteiger partial charge in [0.15, 0.2) is 0 Å². The predicted octanol–water partition coefficient (Wildman–Crippen LogP) is 0.891. The SMILES string of the molecule is CC(C)C[C@H](NC(=O)CNC(=O)c1cc(F)c(Cl)cc1F)B(O)O. The highest BCUT2D eigenvalue weighted by Gasteiger charge is 2.26. The summed E-state index contributed by atoms with van der Waals surface area (Å²) in [5, 5.41) is 22.4. The molecule has 24 heavy (non-hydrogen) atoms. The third-order valence-corrected chi connectivity index (χ3v) is 3.39. The Morgan fingerprint density at radius 1 is 1.25 bits per heavy atom. The fourth-order valence-electron chi connectivity index (χ4n) is 1.97. The Morgan fingerprint density at radius 2 is 1.88 bits per heavy atom. The quantitative estimate of drug-likeness (QED) is 0.428. The van der Waals surface area contributed by atoms with Crippen LogP contribution in [0.25, 0.3) is 0 Å². The minimum absolute atomic E-state index is 0.0952. The molecular weight excluding hydrogens is 344 g/mol. The topological polar surface area (TPSA) is 98.7 Å². The Morgan fingerprint density at radius 3 is 2.42 bits per heavy atom. The van der Waals surface area contributed by atoms with Gasteiger partial charge in [-0.15, -0.1) is 0 Å². The van der Waals surface area contributed by atoms with E-state index in [2.05, 4.69) is 10.6 Å². The minimum Gasteiger partial charge on any atom is -0.426 e. The summed E-state index contributed by atoms with van der Waals surface area (Å²) in [6.07, 6.45) is 0.314. The lowest BCUT2D eigenvalue weighted by molar-refractivity contribution is -0.120. The van der Waals surface area contributed by atoms with Gasteiger partial charge in [0.1, 0.15) is 11.6 Å². The lowest BCUT2D eigenvalue weighted by atomic mass is 9.75. The normalized spacial score (nSPS) is 12.0. The molecule has 0 saturated heterocycles. The molecule has 0 spiro atoms. The molecular formula is C14H18BClF2N2O4. The van der Waals surface area contributed by atoms with E-state index >= 15 is 0 Å². The summed E-state index contributed by atoms with van der Waals surface area (Å²) in [6, 6.07) is 1.29. The molecule has 132 valence electrons. The molecule has 0 aromatic heterocycles. The Hall–Kier alpha value is -1.71. The second-order valence-electron chi connectivity index (χ2n) is 5.65. The first-order valence-corrected chi connectivity index (χ1v) is 7.57. The van der Waals surface area contributed by atoms with Crippen LogP contribution in [0.3, 0.4) is 0 Å². The van der Waals surface area contributed by atoms with E-state index in [1.165, 1.54) is 0 Å². The molecule has 1 atom stereocenters. The van der Waals surface area contributed by atoms with Gasteiger partial charge in [-0.25, -0.2) is 8.78 Å². The fraction of sp³-hybridized carbons (Fsp3) is 0.429.